The molecule has 1 saturated heterocycles. The molecule has 0 aromatic heterocycles. The largest absolute Gasteiger partial charge is 0.480 e. The van der Waals surface area contributed by atoms with Gasteiger partial charge in [0.25, 0.3) is 0 Å². The highest BCUT2D eigenvalue weighted by molar-refractivity contribution is 7.91. The van der Waals surface area contributed by atoms with E-state index in [9.17, 15) is 18.3 Å². The molecule has 2 N–H and O–H groups in total. The van der Waals surface area contributed by atoms with Gasteiger partial charge in [-0.3, -0.25) is 9.69 Å². The summed E-state index contributed by atoms with van der Waals surface area (Å²) in [6.45, 7) is 6.30. The first-order valence-corrected chi connectivity index (χ1v) is 9.34. The fourth-order valence-corrected chi connectivity index (χ4v) is 4.61. The number of hydrogen-bond acceptors (Lipinski definition) is 5. The molecular formula is C14H28N2O4S. The van der Waals surface area contributed by atoms with E-state index in [1.54, 1.807) is 6.92 Å². The first kappa shape index (κ1) is 18.4. The SMILES string of the molecule is CCCNC(C)(CC(C)N(C)C1CCS(=O)(=O)C1)C(=O)O. The predicted octanol–water partition coefficient (Wildman–Crippen LogP) is 0.727. The van der Waals surface area contributed by atoms with E-state index >= 15 is 0 Å². The van der Waals surface area contributed by atoms with Gasteiger partial charge in [-0.1, -0.05) is 6.92 Å². The zero-order valence-corrected chi connectivity index (χ0v) is 14.2. The van der Waals surface area contributed by atoms with Crippen LogP contribution in [0.3, 0.4) is 0 Å². The molecule has 6 nitrogen and oxygen atoms in total. The predicted molar refractivity (Wildman–Crippen MR) is 83.2 cm³/mol. The average Bonchev–Trinajstić information content (AvgIpc) is 2.75. The topological polar surface area (TPSA) is 86.7 Å². The molecule has 1 aliphatic rings. The van der Waals surface area contributed by atoms with Crippen LogP contribution >= 0.6 is 0 Å². The Kier molecular flexibility index (Phi) is 6.19. The summed E-state index contributed by atoms with van der Waals surface area (Å²) in [7, 11) is -1.03. The Hall–Kier alpha value is -0.660. The van der Waals surface area contributed by atoms with E-state index < -0.39 is 21.3 Å². The van der Waals surface area contributed by atoms with E-state index in [0.717, 1.165) is 6.42 Å². The van der Waals surface area contributed by atoms with Crippen molar-refractivity contribution in [2.75, 3.05) is 25.1 Å². The van der Waals surface area contributed by atoms with Crippen LogP contribution in [0.5, 0.6) is 0 Å². The molecule has 1 aliphatic heterocycles. The standard InChI is InChI=1S/C14H28N2O4S/c1-5-7-15-14(3,13(17)18)9-11(2)16(4)12-6-8-21(19,20)10-12/h11-12,15H,5-10H2,1-4H3,(H,17,18). The fraction of sp³-hybridized carbons (Fsp3) is 0.929. The van der Waals surface area contributed by atoms with E-state index in [1.807, 2.05) is 25.8 Å². The van der Waals surface area contributed by atoms with E-state index in [0.29, 0.717) is 19.4 Å². The minimum atomic E-state index is -2.92. The zero-order chi connectivity index (χ0) is 16.3. The van der Waals surface area contributed by atoms with Gasteiger partial charge in [0, 0.05) is 12.1 Å². The van der Waals surface area contributed by atoms with Gasteiger partial charge in [0.2, 0.25) is 0 Å². The molecule has 0 aliphatic carbocycles. The third-order valence-corrected chi connectivity index (χ3v) is 6.17. The maximum Gasteiger partial charge on any atom is 0.323 e. The number of hydrogen-bond donors (Lipinski definition) is 2. The van der Waals surface area contributed by atoms with E-state index in [-0.39, 0.29) is 23.6 Å². The average molecular weight is 320 g/mol. The number of nitrogens with one attached hydrogen (secondary N) is 1. The second-order valence-corrected chi connectivity index (χ2v) is 8.57. The number of sulfone groups is 1. The third kappa shape index (κ3) is 4.93. The van der Waals surface area contributed by atoms with Crippen molar-refractivity contribution in [3.8, 4) is 0 Å². The Morgan fingerprint density at radius 2 is 2.14 bits per heavy atom. The second-order valence-electron chi connectivity index (χ2n) is 6.34. The summed E-state index contributed by atoms with van der Waals surface area (Å²) < 4.78 is 23.1. The Morgan fingerprint density at radius 3 is 2.57 bits per heavy atom. The summed E-state index contributed by atoms with van der Waals surface area (Å²) in [5, 5.41) is 12.6. The van der Waals surface area contributed by atoms with E-state index in [2.05, 4.69) is 5.32 Å². The summed E-state index contributed by atoms with van der Waals surface area (Å²) in [4.78, 5) is 13.5. The van der Waals surface area contributed by atoms with Crippen molar-refractivity contribution in [3.05, 3.63) is 0 Å². The van der Waals surface area contributed by atoms with Crippen LogP contribution in [-0.4, -0.2) is 67.1 Å². The molecule has 3 atom stereocenters. The van der Waals surface area contributed by atoms with Crippen molar-refractivity contribution in [3.63, 3.8) is 0 Å². The normalized spacial score (nSPS) is 25.7. The van der Waals surface area contributed by atoms with Gasteiger partial charge in [0.15, 0.2) is 9.84 Å². The van der Waals surface area contributed by atoms with Crippen LogP contribution in [0.2, 0.25) is 0 Å². The monoisotopic (exact) mass is 320 g/mol. The number of carboxylic acids is 1. The van der Waals surface area contributed by atoms with Gasteiger partial charge in [-0.05, 0) is 46.7 Å². The Labute approximate surface area is 127 Å². The van der Waals surface area contributed by atoms with Crippen molar-refractivity contribution >= 4 is 15.8 Å². The Morgan fingerprint density at radius 1 is 1.52 bits per heavy atom. The highest BCUT2D eigenvalue weighted by Gasteiger charge is 2.38. The summed E-state index contributed by atoms with van der Waals surface area (Å²) in [5.74, 6) is -0.450. The number of nitrogens with zero attached hydrogens (tertiary/aromatic N) is 1. The summed E-state index contributed by atoms with van der Waals surface area (Å²) in [5.41, 5.74) is -0.985. The lowest BCUT2D eigenvalue weighted by Gasteiger charge is -2.36. The number of aliphatic carboxylic acids is 1. The van der Waals surface area contributed by atoms with E-state index in [4.69, 9.17) is 0 Å². The van der Waals surface area contributed by atoms with Crippen molar-refractivity contribution in [2.24, 2.45) is 0 Å². The minimum Gasteiger partial charge on any atom is -0.480 e. The summed E-state index contributed by atoms with van der Waals surface area (Å²) in [6.07, 6.45) is 1.94. The van der Waals surface area contributed by atoms with Crippen LogP contribution in [0.4, 0.5) is 0 Å². The Bertz CT molecular complexity index is 466. The lowest BCUT2D eigenvalue weighted by Crippen LogP contribution is -2.54. The second kappa shape index (κ2) is 7.07. The lowest BCUT2D eigenvalue weighted by atomic mass is 9.92. The highest BCUT2D eigenvalue weighted by Crippen LogP contribution is 2.23. The van der Waals surface area contributed by atoms with Gasteiger partial charge in [0.05, 0.1) is 11.5 Å². The summed E-state index contributed by atoms with van der Waals surface area (Å²) >= 11 is 0. The molecule has 21 heavy (non-hydrogen) atoms. The molecule has 1 heterocycles. The molecule has 0 aromatic carbocycles. The van der Waals surface area contributed by atoms with Gasteiger partial charge >= 0.3 is 5.97 Å². The molecule has 0 saturated carbocycles. The van der Waals surface area contributed by atoms with E-state index in [1.165, 1.54) is 0 Å². The van der Waals surface area contributed by atoms with Crippen LogP contribution in [0.25, 0.3) is 0 Å². The molecule has 0 spiro atoms. The first-order chi connectivity index (χ1) is 9.61. The minimum absolute atomic E-state index is 0.00535. The third-order valence-electron chi connectivity index (χ3n) is 4.42. The molecule has 0 radical (unpaired) electrons. The van der Waals surface area contributed by atoms with Crippen molar-refractivity contribution in [1.82, 2.24) is 10.2 Å². The molecule has 1 fully saturated rings. The van der Waals surface area contributed by atoms with Gasteiger partial charge in [-0.2, -0.15) is 0 Å². The number of carbonyl (C=O) groups is 1. The van der Waals surface area contributed by atoms with Crippen molar-refractivity contribution < 1.29 is 18.3 Å². The maximum absolute atomic E-state index is 11.6. The van der Waals surface area contributed by atoms with Gasteiger partial charge in [-0.25, -0.2) is 8.42 Å². The van der Waals surface area contributed by atoms with Crippen molar-refractivity contribution in [2.45, 2.75) is 57.7 Å². The highest BCUT2D eigenvalue weighted by atomic mass is 32.2. The zero-order valence-electron chi connectivity index (χ0n) is 13.4. The molecule has 0 bridgehead atoms. The van der Waals surface area contributed by atoms with Crippen LogP contribution in [0, 0.1) is 0 Å². The fourth-order valence-electron chi connectivity index (χ4n) is 2.83. The van der Waals surface area contributed by atoms with Crippen LogP contribution < -0.4 is 5.32 Å². The van der Waals surface area contributed by atoms with Gasteiger partial charge < -0.3 is 10.4 Å². The van der Waals surface area contributed by atoms with Crippen LogP contribution in [0.1, 0.15) is 40.0 Å². The molecule has 7 heteroatoms. The van der Waals surface area contributed by atoms with Crippen LogP contribution in [0.15, 0.2) is 0 Å². The summed E-state index contributed by atoms with van der Waals surface area (Å²) in [6, 6.07) is -0.0111. The number of rotatable bonds is 8. The number of carboxylic acid groups (broad SMARTS) is 1. The quantitative estimate of drug-likeness (QED) is 0.685. The Balaban J connectivity index is 2.69. The molecule has 0 aromatic rings. The lowest BCUT2D eigenvalue weighted by molar-refractivity contribution is -0.145. The molecule has 3 unspecified atom stereocenters. The van der Waals surface area contributed by atoms with Crippen LogP contribution in [-0.2, 0) is 14.6 Å². The molecule has 1 rings (SSSR count). The van der Waals surface area contributed by atoms with Gasteiger partial charge in [0.1, 0.15) is 5.54 Å². The molecule has 124 valence electrons. The molecule has 0 amide bonds. The maximum atomic E-state index is 11.6. The smallest absolute Gasteiger partial charge is 0.323 e. The first-order valence-electron chi connectivity index (χ1n) is 7.52. The molecular weight excluding hydrogens is 292 g/mol. The van der Waals surface area contributed by atoms with Gasteiger partial charge in [-0.15, -0.1) is 0 Å². The van der Waals surface area contributed by atoms with Crippen molar-refractivity contribution in [1.29, 1.82) is 0 Å².